The normalized spacial score (nSPS) is 18.1. The summed E-state index contributed by atoms with van der Waals surface area (Å²) < 4.78 is 67.4. The number of alkyl halides is 3. The van der Waals surface area contributed by atoms with E-state index < -0.39 is 27.0 Å². The Labute approximate surface area is 132 Å². The summed E-state index contributed by atoms with van der Waals surface area (Å²) in [7, 11) is -4.08. The van der Waals surface area contributed by atoms with Crippen LogP contribution in [0.4, 0.5) is 13.2 Å². The van der Waals surface area contributed by atoms with Crippen LogP contribution in [0, 0.1) is 0 Å². The summed E-state index contributed by atoms with van der Waals surface area (Å²) in [6.07, 6.45) is -4.97. The molecule has 0 spiro atoms. The Morgan fingerprint density at radius 1 is 1.13 bits per heavy atom. The van der Waals surface area contributed by atoms with E-state index in [1.807, 2.05) is 4.90 Å². The molecule has 1 aliphatic heterocycles. The van der Waals surface area contributed by atoms with Crippen LogP contribution >= 0.6 is 0 Å². The SMILES string of the molecule is O=S(=O)(c1ccccc1OC(F)(F)F)N1CCN(CCO)CC1. The number of rotatable bonds is 5. The summed E-state index contributed by atoms with van der Waals surface area (Å²) in [6.45, 7) is 1.49. The molecule has 1 heterocycles. The van der Waals surface area contributed by atoms with Gasteiger partial charge in [-0.15, -0.1) is 13.2 Å². The Bertz CT molecular complexity index is 628. The Morgan fingerprint density at radius 3 is 2.30 bits per heavy atom. The fraction of sp³-hybridized carbons (Fsp3) is 0.538. The first-order valence-corrected chi connectivity index (χ1v) is 8.36. The van der Waals surface area contributed by atoms with Crippen LogP contribution in [0.5, 0.6) is 5.75 Å². The van der Waals surface area contributed by atoms with Gasteiger partial charge >= 0.3 is 6.36 Å². The lowest BCUT2D eigenvalue weighted by Gasteiger charge is -2.33. The summed E-state index contributed by atoms with van der Waals surface area (Å²) >= 11 is 0. The summed E-state index contributed by atoms with van der Waals surface area (Å²) in [4.78, 5) is 1.37. The number of hydrogen-bond donors (Lipinski definition) is 1. The first kappa shape index (κ1) is 18.0. The smallest absolute Gasteiger partial charge is 0.404 e. The quantitative estimate of drug-likeness (QED) is 0.850. The molecule has 0 unspecified atom stereocenters. The average Bonchev–Trinajstić information content (AvgIpc) is 2.47. The van der Waals surface area contributed by atoms with E-state index in [0.717, 1.165) is 16.4 Å². The molecule has 1 aromatic carbocycles. The first-order valence-electron chi connectivity index (χ1n) is 6.92. The van der Waals surface area contributed by atoms with Crippen LogP contribution in [0.1, 0.15) is 0 Å². The molecule has 0 aliphatic carbocycles. The minimum atomic E-state index is -4.97. The number of hydrogen-bond acceptors (Lipinski definition) is 5. The molecule has 2 rings (SSSR count). The highest BCUT2D eigenvalue weighted by atomic mass is 32.2. The van der Waals surface area contributed by atoms with Gasteiger partial charge in [0.25, 0.3) is 0 Å². The average molecular weight is 354 g/mol. The van der Waals surface area contributed by atoms with Gasteiger partial charge in [-0.2, -0.15) is 4.31 Å². The monoisotopic (exact) mass is 354 g/mol. The van der Waals surface area contributed by atoms with Crippen LogP contribution in [0.3, 0.4) is 0 Å². The number of aliphatic hydroxyl groups is 1. The molecule has 1 aromatic rings. The Kier molecular flexibility index (Phi) is 5.50. The van der Waals surface area contributed by atoms with Gasteiger partial charge in [-0.25, -0.2) is 8.42 Å². The van der Waals surface area contributed by atoms with E-state index in [-0.39, 0.29) is 19.7 Å². The number of benzene rings is 1. The fourth-order valence-corrected chi connectivity index (χ4v) is 3.88. The molecular formula is C13H17F3N2O4S. The Hall–Kier alpha value is -1.36. The van der Waals surface area contributed by atoms with E-state index in [4.69, 9.17) is 5.11 Å². The summed E-state index contributed by atoms with van der Waals surface area (Å²) in [5.74, 6) is -0.738. The number of piperazine rings is 1. The molecule has 6 nitrogen and oxygen atoms in total. The van der Waals surface area contributed by atoms with Gasteiger partial charge < -0.3 is 9.84 Å². The maximum atomic E-state index is 12.6. The van der Waals surface area contributed by atoms with Gasteiger partial charge in [-0.3, -0.25) is 4.90 Å². The van der Waals surface area contributed by atoms with E-state index in [9.17, 15) is 21.6 Å². The standard InChI is InChI=1S/C13H17F3N2O4S/c14-13(15,16)22-11-3-1-2-4-12(11)23(20,21)18-7-5-17(6-8-18)9-10-19/h1-4,19H,5-10H2. The van der Waals surface area contributed by atoms with Crippen molar-refractivity contribution in [3.8, 4) is 5.75 Å². The molecule has 0 bridgehead atoms. The molecular weight excluding hydrogens is 337 g/mol. The zero-order valence-electron chi connectivity index (χ0n) is 12.2. The molecule has 0 aromatic heterocycles. The van der Waals surface area contributed by atoms with Gasteiger partial charge in [0.15, 0.2) is 0 Å². The van der Waals surface area contributed by atoms with Gasteiger partial charge in [0.2, 0.25) is 10.0 Å². The first-order chi connectivity index (χ1) is 10.7. The number of ether oxygens (including phenoxy) is 1. The molecule has 0 amide bonds. The Balaban J connectivity index is 2.21. The molecule has 1 saturated heterocycles. The van der Waals surface area contributed by atoms with Crippen LogP contribution in [0.25, 0.3) is 0 Å². The zero-order valence-corrected chi connectivity index (χ0v) is 13.0. The zero-order chi connectivity index (χ0) is 17.1. The second-order valence-electron chi connectivity index (χ2n) is 4.96. The third-order valence-electron chi connectivity index (χ3n) is 3.44. The topological polar surface area (TPSA) is 70.1 Å². The lowest BCUT2D eigenvalue weighted by atomic mass is 10.3. The van der Waals surface area contributed by atoms with Crippen LogP contribution in [0.2, 0.25) is 0 Å². The van der Waals surface area contributed by atoms with E-state index in [1.54, 1.807) is 0 Å². The van der Waals surface area contributed by atoms with E-state index in [1.165, 1.54) is 12.1 Å². The van der Waals surface area contributed by atoms with Gasteiger partial charge in [0, 0.05) is 32.7 Å². The highest BCUT2D eigenvalue weighted by Gasteiger charge is 2.36. The maximum absolute atomic E-state index is 12.6. The van der Waals surface area contributed by atoms with Crippen molar-refractivity contribution in [3.05, 3.63) is 24.3 Å². The van der Waals surface area contributed by atoms with Crippen LogP contribution < -0.4 is 4.74 Å². The highest BCUT2D eigenvalue weighted by Crippen LogP contribution is 2.31. The summed E-state index contributed by atoms with van der Waals surface area (Å²) in [6, 6.07) is 4.69. The number of para-hydroxylation sites is 1. The third-order valence-corrected chi connectivity index (χ3v) is 5.38. The molecule has 1 aliphatic rings. The van der Waals surface area contributed by atoms with Gasteiger partial charge in [-0.1, -0.05) is 12.1 Å². The van der Waals surface area contributed by atoms with Crippen molar-refractivity contribution < 1.29 is 31.4 Å². The molecule has 130 valence electrons. The van der Waals surface area contributed by atoms with Crippen molar-refractivity contribution in [1.29, 1.82) is 0 Å². The number of aliphatic hydroxyl groups excluding tert-OH is 1. The van der Waals surface area contributed by atoms with Crippen molar-refractivity contribution in [2.45, 2.75) is 11.3 Å². The number of β-amino-alcohol motifs (C(OH)–C–C–N with tert-alkyl or cyclic N) is 1. The second-order valence-corrected chi connectivity index (χ2v) is 6.87. The predicted molar refractivity (Wildman–Crippen MR) is 75.4 cm³/mol. The van der Waals surface area contributed by atoms with E-state index in [0.29, 0.717) is 19.6 Å². The summed E-state index contributed by atoms with van der Waals surface area (Å²) in [5, 5.41) is 8.87. The van der Waals surface area contributed by atoms with E-state index in [2.05, 4.69) is 4.74 Å². The highest BCUT2D eigenvalue weighted by molar-refractivity contribution is 7.89. The molecule has 0 saturated carbocycles. The largest absolute Gasteiger partial charge is 0.573 e. The van der Waals surface area contributed by atoms with Crippen molar-refractivity contribution in [3.63, 3.8) is 0 Å². The fourth-order valence-electron chi connectivity index (χ4n) is 2.35. The minimum Gasteiger partial charge on any atom is -0.404 e. The lowest BCUT2D eigenvalue weighted by molar-refractivity contribution is -0.275. The number of nitrogens with zero attached hydrogens (tertiary/aromatic N) is 2. The molecule has 0 radical (unpaired) electrons. The van der Waals surface area contributed by atoms with E-state index >= 15 is 0 Å². The van der Waals surface area contributed by atoms with Crippen molar-refractivity contribution in [1.82, 2.24) is 9.21 Å². The third kappa shape index (κ3) is 4.56. The molecule has 23 heavy (non-hydrogen) atoms. The molecule has 0 atom stereocenters. The minimum absolute atomic E-state index is 0.0327. The van der Waals surface area contributed by atoms with Crippen molar-refractivity contribution >= 4 is 10.0 Å². The predicted octanol–water partition coefficient (Wildman–Crippen LogP) is 0.884. The van der Waals surface area contributed by atoms with Crippen LogP contribution in [-0.2, 0) is 10.0 Å². The molecule has 10 heteroatoms. The molecule has 1 N–H and O–H groups in total. The van der Waals surface area contributed by atoms with Crippen LogP contribution in [0.15, 0.2) is 29.2 Å². The maximum Gasteiger partial charge on any atom is 0.573 e. The second kappa shape index (κ2) is 7.04. The van der Waals surface area contributed by atoms with Crippen molar-refractivity contribution in [2.24, 2.45) is 0 Å². The molecule has 1 fully saturated rings. The van der Waals surface area contributed by atoms with Gasteiger partial charge in [0.1, 0.15) is 10.6 Å². The van der Waals surface area contributed by atoms with Gasteiger partial charge in [0.05, 0.1) is 6.61 Å². The summed E-state index contributed by atoms with van der Waals surface area (Å²) in [5.41, 5.74) is 0. The lowest BCUT2D eigenvalue weighted by Crippen LogP contribution is -2.49. The van der Waals surface area contributed by atoms with Crippen LogP contribution in [-0.4, -0.2) is 68.4 Å². The number of halogens is 3. The Morgan fingerprint density at radius 2 is 1.74 bits per heavy atom. The van der Waals surface area contributed by atoms with Gasteiger partial charge in [-0.05, 0) is 12.1 Å². The number of sulfonamides is 1. The van der Waals surface area contributed by atoms with Crippen molar-refractivity contribution in [2.75, 3.05) is 39.3 Å².